The highest BCUT2D eigenvalue weighted by molar-refractivity contribution is 7.11. The monoisotopic (exact) mass is 260 g/mol. The summed E-state index contributed by atoms with van der Waals surface area (Å²) in [6, 6.07) is 7.91. The van der Waals surface area contributed by atoms with E-state index in [-0.39, 0.29) is 0 Å². The molecular weight excluding hydrogens is 248 g/mol. The van der Waals surface area contributed by atoms with Crippen LogP contribution in [0.4, 0.5) is 0 Å². The largest absolute Gasteiger partial charge is 0.497 e. The van der Waals surface area contributed by atoms with Crippen molar-refractivity contribution in [3.05, 3.63) is 56.4 Å². The molecule has 2 aromatic rings. The Bertz CT molecular complexity index is 558. The second-order valence-corrected chi connectivity index (χ2v) is 4.83. The molecule has 1 heterocycles. The lowest BCUT2D eigenvalue weighted by Crippen LogP contribution is -1.87. The molecule has 0 amide bonds. The number of hydrogen-bond donors (Lipinski definition) is 0. The minimum Gasteiger partial charge on any atom is -0.497 e. The third-order valence-corrected chi connectivity index (χ3v) is 3.39. The van der Waals surface area contributed by atoms with Gasteiger partial charge in [0.05, 0.1) is 18.7 Å². The molecule has 2 rings (SSSR count). The Morgan fingerprint density at radius 3 is 2.83 bits per heavy atom. The van der Waals surface area contributed by atoms with Gasteiger partial charge >= 0.3 is 0 Å². The van der Waals surface area contributed by atoms with Crippen molar-refractivity contribution in [3.63, 3.8) is 0 Å². The van der Waals surface area contributed by atoms with Gasteiger partial charge in [-0.1, -0.05) is 17.2 Å². The number of aromatic nitrogens is 1. The highest BCUT2D eigenvalue weighted by Crippen LogP contribution is 2.19. The molecule has 0 radical (unpaired) electrons. The maximum absolute atomic E-state index is 8.25. The lowest BCUT2D eigenvalue weighted by molar-refractivity contribution is 0.414. The molecule has 0 saturated carbocycles. The first-order valence-electron chi connectivity index (χ1n) is 5.39. The Kier molecular flexibility index (Phi) is 4.17. The van der Waals surface area contributed by atoms with E-state index in [4.69, 9.17) is 10.3 Å². The molecule has 18 heavy (non-hydrogen) atoms. The fourth-order valence-electron chi connectivity index (χ4n) is 1.52. The summed E-state index contributed by atoms with van der Waals surface area (Å²) in [5, 5.41) is 4.54. The summed E-state index contributed by atoms with van der Waals surface area (Å²) in [6.07, 6.45) is 2.54. The number of hydrogen-bond acceptors (Lipinski definition) is 4. The van der Waals surface area contributed by atoms with Gasteiger partial charge in [0.25, 0.3) is 0 Å². The average Bonchev–Trinajstić information content (AvgIpc) is 2.85. The molecule has 0 bridgehead atoms. The van der Waals surface area contributed by atoms with Gasteiger partial charge in [0.1, 0.15) is 5.75 Å². The summed E-state index contributed by atoms with van der Waals surface area (Å²) in [5.74, 6) is 0.849. The number of azide groups is 1. The first-order chi connectivity index (χ1) is 8.81. The van der Waals surface area contributed by atoms with Crippen molar-refractivity contribution in [2.45, 2.75) is 13.0 Å². The summed E-state index contributed by atoms with van der Waals surface area (Å²) in [5.41, 5.74) is 9.43. The Labute approximate surface area is 109 Å². The van der Waals surface area contributed by atoms with Crippen molar-refractivity contribution >= 4 is 11.3 Å². The zero-order valence-corrected chi connectivity index (χ0v) is 10.7. The molecule has 92 valence electrons. The van der Waals surface area contributed by atoms with Crippen molar-refractivity contribution in [2.75, 3.05) is 7.11 Å². The van der Waals surface area contributed by atoms with Crippen LogP contribution in [0.1, 0.15) is 15.4 Å². The molecule has 0 aliphatic carbocycles. The van der Waals surface area contributed by atoms with Crippen molar-refractivity contribution in [2.24, 2.45) is 5.11 Å². The standard InChI is InChI=1S/C12H12N4OS/c1-17-10-4-2-9(3-5-10)6-12-14-7-11(18-12)8-15-16-13/h2-5,7H,6,8H2,1H3. The molecule has 0 atom stereocenters. The molecule has 1 aromatic carbocycles. The topological polar surface area (TPSA) is 70.9 Å². The van der Waals surface area contributed by atoms with E-state index in [1.54, 1.807) is 24.6 Å². The molecule has 6 heteroatoms. The first-order valence-corrected chi connectivity index (χ1v) is 6.21. The van der Waals surface area contributed by atoms with Gasteiger partial charge < -0.3 is 4.74 Å². The Hall–Kier alpha value is -2.04. The van der Waals surface area contributed by atoms with E-state index in [1.165, 1.54) is 5.56 Å². The van der Waals surface area contributed by atoms with Crippen LogP contribution in [0.5, 0.6) is 5.75 Å². The van der Waals surface area contributed by atoms with E-state index >= 15 is 0 Å². The van der Waals surface area contributed by atoms with Crippen LogP contribution in [0, 0.1) is 0 Å². The Balaban J connectivity index is 2.03. The van der Waals surface area contributed by atoms with Crippen LogP contribution in [0.2, 0.25) is 0 Å². The SMILES string of the molecule is COc1ccc(Cc2ncc(CN=[N+]=[N-])s2)cc1. The Morgan fingerprint density at radius 1 is 1.39 bits per heavy atom. The van der Waals surface area contributed by atoms with Crippen LogP contribution >= 0.6 is 11.3 Å². The van der Waals surface area contributed by atoms with Crippen LogP contribution < -0.4 is 4.74 Å². The molecule has 0 spiro atoms. The predicted molar refractivity (Wildman–Crippen MR) is 70.8 cm³/mol. The maximum atomic E-state index is 8.25. The molecule has 0 fully saturated rings. The van der Waals surface area contributed by atoms with Gasteiger partial charge in [0.2, 0.25) is 0 Å². The van der Waals surface area contributed by atoms with Crippen molar-refractivity contribution in [1.29, 1.82) is 0 Å². The van der Waals surface area contributed by atoms with E-state index in [0.29, 0.717) is 6.54 Å². The lowest BCUT2D eigenvalue weighted by atomic mass is 10.1. The van der Waals surface area contributed by atoms with Gasteiger partial charge in [-0.05, 0) is 23.2 Å². The average molecular weight is 260 g/mol. The quantitative estimate of drug-likeness (QED) is 0.468. The fourth-order valence-corrected chi connectivity index (χ4v) is 2.40. The highest BCUT2D eigenvalue weighted by Gasteiger charge is 2.03. The summed E-state index contributed by atoms with van der Waals surface area (Å²) >= 11 is 1.57. The Morgan fingerprint density at radius 2 is 2.17 bits per heavy atom. The number of nitrogens with zero attached hydrogens (tertiary/aromatic N) is 4. The molecule has 0 aliphatic rings. The smallest absolute Gasteiger partial charge is 0.118 e. The maximum Gasteiger partial charge on any atom is 0.118 e. The minimum absolute atomic E-state index is 0.372. The summed E-state index contributed by atoms with van der Waals surface area (Å²) in [6.45, 7) is 0.372. The third-order valence-electron chi connectivity index (χ3n) is 2.41. The number of ether oxygens (including phenoxy) is 1. The molecule has 0 N–H and O–H groups in total. The van der Waals surface area contributed by atoms with Crippen LogP contribution in [0.3, 0.4) is 0 Å². The lowest BCUT2D eigenvalue weighted by Gasteiger charge is -2.01. The molecule has 1 aromatic heterocycles. The molecule has 0 unspecified atom stereocenters. The summed E-state index contributed by atoms with van der Waals surface area (Å²) in [4.78, 5) is 8.03. The molecular formula is C12H12N4OS. The van der Waals surface area contributed by atoms with Gasteiger partial charge in [0.15, 0.2) is 0 Å². The zero-order chi connectivity index (χ0) is 12.8. The van der Waals surface area contributed by atoms with Gasteiger partial charge in [-0.25, -0.2) is 4.98 Å². The molecule has 0 aliphatic heterocycles. The van der Waals surface area contributed by atoms with Gasteiger partial charge in [0, 0.05) is 22.4 Å². The predicted octanol–water partition coefficient (Wildman–Crippen LogP) is 3.55. The van der Waals surface area contributed by atoms with Crippen LogP contribution in [0.25, 0.3) is 10.4 Å². The second-order valence-electron chi connectivity index (χ2n) is 3.63. The van der Waals surface area contributed by atoms with Crippen LogP contribution in [-0.2, 0) is 13.0 Å². The van der Waals surface area contributed by atoms with Gasteiger partial charge in [-0.3, -0.25) is 0 Å². The zero-order valence-electron chi connectivity index (χ0n) is 9.91. The summed E-state index contributed by atoms with van der Waals surface area (Å²) in [7, 11) is 1.65. The van der Waals surface area contributed by atoms with Crippen molar-refractivity contribution in [3.8, 4) is 5.75 Å². The normalized spacial score (nSPS) is 9.83. The minimum atomic E-state index is 0.372. The number of rotatable bonds is 5. The number of benzene rings is 1. The van der Waals surface area contributed by atoms with E-state index in [1.807, 2.05) is 24.3 Å². The van der Waals surface area contributed by atoms with Gasteiger partial charge in [-0.2, -0.15) is 0 Å². The van der Waals surface area contributed by atoms with E-state index < -0.39 is 0 Å². The van der Waals surface area contributed by atoms with Crippen molar-refractivity contribution in [1.82, 2.24) is 4.98 Å². The van der Waals surface area contributed by atoms with E-state index in [2.05, 4.69) is 15.0 Å². The first kappa shape index (κ1) is 12.4. The van der Waals surface area contributed by atoms with Crippen LogP contribution in [0.15, 0.2) is 35.6 Å². The van der Waals surface area contributed by atoms with E-state index in [0.717, 1.165) is 22.1 Å². The number of thiazole rings is 1. The highest BCUT2D eigenvalue weighted by atomic mass is 32.1. The fraction of sp³-hybridized carbons (Fsp3) is 0.250. The van der Waals surface area contributed by atoms with Gasteiger partial charge in [-0.15, -0.1) is 11.3 Å². The molecule has 5 nitrogen and oxygen atoms in total. The molecule has 0 saturated heterocycles. The van der Waals surface area contributed by atoms with Crippen LogP contribution in [-0.4, -0.2) is 12.1 Å². The number of methoxy groups -OCH3 is 1. The second kappa shape index (κ2) is 6.05. The van der Waals surface area contributed by atoms with E-state index in [9.17, 15) is 0 Å². The summed E-state index contributed by atoms with van der Waals surface area (Å²) < 4.78 is 5.11. The van der Waals surface area contributed by atoms with Crippen molar-refractivity contribution < 1.29 is 4.74 Å². The third kappa shape index (κ3) is 3.23.